The number of benzene rings is 2. The number of thioether (sulfide) groups is 1. The molecule has 0 saturated carbocycles. The van der Waals surface area contributed by atoms with Crippen molar-refractivity contribution < 1.29 is 0 Å². The molecule has 0 N–H and O–H groups in total. The second kappa shape index (κ2) is 8.54. The smallest absolute Gasteiger partial charge is 0.192 e. The van der Waals surface area contributed by atoms with E-state index < -0.39 is 0 Å². The van der Waals surface area contributed by atoms with Crippen molar-refractivity contribution in [3.63, 3.8) is 0 Å². The summed E-state index contributed by atoms with van der Waals surface area (Å²) in [4.78, 5) is 4.77. The molecule has 0 aliphatic carbocycles. The zero-order valence-electron chi connectivity index (χ0n) is 15.6. The summed E-state index contributed by atoms with van der Waals surface area (Å²) in [5.74, 6) is 1.63. The highest BCUT2D eigenvalue weighted by Gasteiger charge is 2.14. The van der Waals surface area contributed by atoms with Crippen LogP contribution in [0.1, 0.15) is 11.3 Å². The van der Waals surface area contributed by atoms with Crippen LogP contribution in [0.3, 0.4) is 0 Å². The van der Waals surface area contributed by atoms with Gasteiger partial charge in [0.05, 0.1) is 5.69 Å². The minimum absolute atomic E-state index is 0.672. The molecule has 0 aliphatic heterocycles. The van der Waals surface area contributed by atoms with Crippen LogP contribution in [0, 0.1) is 6.92 Å². The molecule has 0 spiro atoms. The van der Waals surface area contributed by atoms with E-state index >= 15 is 0 Å². The number of thiazole rings is 1. The summed E-state index contributed by atoms with van der Waals surface area (Å²) in [6.07, 6.45) is 1.88. The van der Waals surface area contributed by atoms with Crippen molar-refractivity contribution >= 4 is 23.1 Å². The Morgan fingerprint density at radius 2 is 1.89 bits per heavy atom. The van der Waals surface area contributed by atoms with Gasteiger partial charge in [-0.2, -0.15) is 0 Å². The summed E-state index contributed by atoms with van der Waals surface area (Å²) in [7, 11) is 0. The fourth-order valence-electron chi connectivity index (χ4n) is 2.91. The predicted molar refractivity (Wildman–Crippen MR) is 118 cm³/mol. The number of rotatable bonds is 7. The molecule has 0 radical (unpaired) electrons. The maximum absolute atomic E-state index is 4.77. The van der Waals surface area contributed by atoms with Crippen molar-refractivity contribution in [2.24, 2.45) is 0 Å². The van der Waals surface area contributed by atoms with Crippen LogP contribution in [0.25, 0.3) is 22.0 Å². The minimum atomic E-state index is 0.672. The molecule has 0 saturated heterocycles. The maximum Gasteiger partial charge on any atom is 0.192 e. The Bertz CT molecular complexity index is 1080. The van der Waals surface area contributed by atoms with E-state index in [-0.39, 0.29) is 0 Å². The average molecular weight is 405 g/mol. The average Bonchev–Trinajstić information content (AvgIpc) is 3.35. The van der Waals surface area contributed by atoms with E-state index in [1.807, 2.05) is 30.3 Å². The second-order valence-electron chi connectivity index (χ2n) is 6.37. The van der Waals surface area contributed by atoms with E-state index in [9.17, 15) is 0 Å². The van der Waals surface area contributed by atoms with Gasteiger partial charge in [-0.1, -0.05) is 71.9 Å². The second-order valence-corrected chi connectivity index (χ2v) is 8.17. The number of hydrogen-bond acceptors (Lipinski definition) is 5. The van der Waals surface area contributed by atoms with Crippen LogP contribution in [-0.4, -0.2) is 19.7 Å². The van der Waals surface area contributed by atoms with E-state index in [1.54, 1.807) is 23.1 Å². The van der Waals surface area contributed by atoms with Crippen molar-refractivity contribution in [1.29, 1.82) is 0 Å². The highest BCUT2D eigenvalue weighted by Crippen LogP contribution is 2.29. The molecular formula is C22H20N4S2. The molecule has 0 aliphatic rings. The van der Waals surface area contributed by atoms with Crippen molar-refractivity contribution in [3.8, 4) is 22.0 Å². The Hall–Kier alpha value is -2.70. The fraction of sp³-hybridized carbons (Fsp3) is 0.136. The van der Waals surface area contributed by atoms with Crippen LogP contribution < -0.4 is 0 Å². The first-order valence-electron chi connectivity index (χ1n) is 8.98. The van der Waals surface area contributed by atoms with Gasteiger partial charge in [0.15, 0.2) is 11.0 Å². The Kier molecular flexibility index (Phi) is 5.69. The molecule has 0 atom stereocenters. The lowest BCUT2D eigenvalue weighted by Crippen LogP contribution is -2.01. The first-order chi connectivity index (χ1) is 13.7. The van der Waals surface area contributed by atoms with Gasteiger partial charge in [0.1, 0.15) is 5.01 Å². The zero-order chi connectivity index (χ0) is 19.3. The first-order valence-corrected chi connectivity index (χ1v) is 10.8. The molecule has 0 amide bonds. The molecule has 4 aromatic rings. The lowest BCUT2D eigenvalue weighted by Gasteiger charge is -2.07. The molecule has 6 heteroatoms. The Morgan fingerprint density at radius 3 is 2.68 bits per heavy atom. The van der Waals surface area contributed by atoms with Gasteiger partial charge in [-0.25, -0.2) is 4.98 Å². The molecule has 4 rings (SSSR count). The van der Waals surface area contributed by atoms with E-state index in [2.05, 4.69) is 64.0 Å². The van der Waals surface area contributed by atoms with Gasteiger partial charge in [0.2, 0.25) is 0 Å². The molecule has 2 heterocycles. The van der Waals surface area contributed by atoms with Crippen LogP contribution in [0.5, 0.6) is 0 Å². The summed E-state index contributed by atoms with van der Waals surface area (Å²) in [5.41, 5.74) is 4.48. The van der Waals surface area contributed by atoms with E-state index in [0.717, 1.165) is 38.6 Å². The quantitative estimate of drug-likeness (QED) is 0.286. The first kappa shape index (κ1) is 18.7. The number of aryl methyl sites for hydroxylation is 1. The third-order valence-corrected chi connectivity index (χ3v) is 6.17. The fourth-order valence-corrected chi connectivity index (χ4v) is 4.68. The van der Waals surface area contributed by atoms with E-state index in [0.29, 0.717) is 6.54 Å². The maximum atomic E-state index is 4.77. The third-order valence-electron chi connectivity index (χ3n) is 4.23. The van der Waals surface area contributed by atoms with Gasteiger partial charge in [-0.05, 0) is 13.0 Å². The molecular weight excluding hydrogens is 384 g/mol. The molecule has 0 unspecified atom stereocenters. The summed E-state index contributed by atoms with van der Waals surface area (Å²) in [6, 6.07) is 18.6. The monoisotopic (exact) mass is 404 g/mol. The van der Waals surface area contributed by atoms with Gasteiger partial charge in [-0.3, -0.25) is 4.57 Å². The lowest BCUT2D eigenvalue weighted by atomic mass is 10.1. The van der Waals surface area contributed by atoms with Gasteiger partial charge in [-0.15, -0.1) is 28.1 Å². The van der Waals surface area contributed by atoms with Crippen molar-refractivity contribution in [2.75, 3.05) is 0 Å². The van der Waals surface area contributed by atoms with Crippen molar-refractivity contribution in [1.82, 2.24) is 19.7 Å². The molecule has 4 nitrogen and oxygen atoms in total. The van der Waals surface area contributed by atoms with Crippen LogP contribution in [0.15, 0.2) is 77.8 Å². The van der Waals surface area contributed by atoms with Crippen LogP contribution >= 0.6 is 23.1 Å². The lowest BCUT2D eigenvalue weighted by molar-refractivity contribution is 0.731. The van der Waals surface area contributed by atoms with E-state index in [1.165, 1.54) is 5.56 Å². The van der Waals surface area contributed by atoms with Crippen LogP contribution in [0.4, 0.5) is 0 Å². The van der Waals surface area contributed by atoms with Gasteiger partial charge in [0.25, 0.3) is 0 Å². The predicted octanol–water partition coefficient (Wildman–Crippen LogP) is 5.86. The summed E-state index contributed by atoms with van der Waals surface area (Å²) in [6.45, 7) is 6.64. The topological polar surface area (TPSA) is 43.6 Å². The van der Waals surface area contributed by atoms with Crippen molar-refractivity contribution in [3.05, 3.63) is 83.9 Å². The Morgan fingerprint density at radius 1 is 1.07 bits per heavy atom. The van der Waals surface area contributed by atoms with E-state index in [4.69, 9.17) is 4.98 Å². The molecule has 2 aromatic carbocycles. The standard InChI is InChI=1S/C22H20N4S2/c1-3-12-26-20(18-11-7-8-16(2)13-18)24-25-22(26)28-15-19-14-27-21(23-19)17-9-5-4-6-10-17/h3-11,13-14H,1,12,15H2,2H3. The Labute approximate surface area is 173 Å². The molecule has 0 bridgehead atoms. The molecule has 2 aromatic heterocycles. The number of aromatic nitrogens is 4. The number of hydrogen-bond donors (Lipinski definition) is 0. The largest absolute Gasteiger partial charge is 0.298 e. The third kappa shape index (κ3) is 4.08. The SMILES string of the molecule is C=CCn1c(SCc2csc(-c3ccccc3)n2)nnc1-c1cccc(C)c1. The Balaban J connectivity index is 1.54. The molecule has 140 valence electrons. The normalized spacial score (nSPS) is 10.9. The van der Waals surface area contributed by atoms with Crippen molar-refractivity contribution in [2.45, 2.75) is 24.4 Å². The van der Waals surface area contributed by atoms with Crippen LogP contribution in [-0.2, 0) is 12.3 Å². The summed E-state index contributed by atoms with van der Waals surface area (Å²) < 4.78 is 2.11. The molecule has 0 fully saturated rings. The number of allylic oxidation sites excluding steroid dienone is 1. The highest BCUT2D eigenvalue weighted by molar-refractivity contribution is 7.98. The van der Waals surface area contributed by atoms with Crippen LogP contribution in [0.2, 0.25) is 0 Å². The zero-order valence-corrected chi connectivity index (χ0v) is 17.2. The van der Waals surface area contributed by atoms with Gasteiger partial charge < -0.3 is 0 Å². The molecule has 28 heavy (non-hydrogen) atoms. The van der Waals surface area contributed by atoms with Gasteiger partial charge in [0, 0.05) is 28.8 Å². The number of nitrogens with zero attached hydrogens (tertiary/aromatic N) is 4. The summed E-state index contributed by atoms with van der Waals surface area (Å²) >= 11 is 3.33. The van der Waals surface area contributed by atoms with Gasteiger partial charge >= 0.3 is 0 Å². The summed E-state index contributed by atoms with van der Waals surface area (Å²) in [5, 5.41) is 12.9. The highest BCUT2D eigenvalue weighted by atomic mass is 32.2. The minimum Gasteiger partial charge on any atom is -0.298 e.